The van der Waals surface area contributed by atoms with Crippen molar-refractivity contribution in [3.8, 4) is 5.75 Å². The zero-order valence-corrected chi connectivity index (χ0v) is 13.0. The van der Waals surface area contributed by atoms with Gasteiger partial charge in [-0.25, -0.2) is 9.78 Å². The molecule has 3 aromatic rings. The first-order chi connectivity index (χ1) is 10.6. The van der Waals surface area contributed by atoms with Crippen molar-refractivity contribution in [2.75, 3.05) is 17.7 Å². The van der Waals surface area contributed by atoms with Gasteiger partial charge in [-0.1, -0.05) is 29.0 Å². The molecule has 0 saturated carbocycles. The predicted octanol–water partition coefficient (Wildman–Crippen LogP) is 4.26. The number of carbonyl (C=O) groups excluding carboxylic acids is 1. The van der Waals surface area contributed by atoms with Gasteiger partial charge >= 0.3 is 6.03 Å². The summed E-state index contributed by atoms with van der Waals surface area (Å²) >= 11 is 1.41. The van der Waals surface area contributed by atoms with Crippen LogP contribution in [0.2, 0.25) is 0 Å². The van der Waals surface area contributed by atoms with Crippen LogP contribution < -0.4 is 15.4 Å². The molecular formula is C16H15N3O2S. The van der Waals surface area contributed by atoms with E-state index in [1.807, 2.05) is 49.4 Å². The summed E-state index contributed by atoms with van der Waals surface area (Å²) in [6, 6.07) is 12.9. The van der Waals surface area contributed by atoms with Crippen LogP contribution in [0.4, 0.5) is 15.6 Å². The zero-order valence-electron chi connectivity index (χ0n) is 12.2. The number of methoxy groups -OCH3 is 1. The average molecular weight is 313 g/mol. The second-order valence-corrected chi connectivity index (χ2v) is 5.83. The highest BCUT2D eigenvalue weighted by Crippen LogP contribution is 2.29. The lowest BCUT2D eigenvalue weighted by atomic mass is 10.2. The van der Waals surface area contributed by atoms with Crippen LogP contribution >= 0.6 is 11.3 Å². The summed E-state index contributed by atoms with van der Waals surface area (Å²) in [5.41, 5.74) is 2.72. The molecule has 22 heavy (non-hydrogen) atoms. The summed E-state index contributed by atoms with van der Waals surface area (Å²) in [7, 11) is 1.62. The van der Waals surface area contributed by atoms with Gasteiger partial charge in [0.1, 0.15) is 5.75 Å². The monoisotopic (exact) mass is 313 g/mol. The van der Waals surface area contributed by atoms with Crippen molar-refractivity contribution in [1.29, 1.82) is 0 Å². The molecule has 0 aliphatic carbocycles. The Hall–Kier alpha value is -2.60. The Labute approximate surface area is 131 Å². The average Bonchev–Trinajstić information content (AvgIpc) is 2.90. The van der Waals surface area contributed by atoms with Crippen LogP contribution in [-0.4, -0.2) is 18.1 Å². The Morgan fingerprint density at radius 3 is 2.64 bits per heavy atom. The molecule has 0 atom stereocenters. The molecule has 1 heterocycles. The molecule has 0 radical (unpaired) electrons. The molecule has 2 N–H and O–H groups in total. The van der Waals surface area contributed by atoms with Crippen molar-refractivity contribution in [1.82, 2.24) is 4.98 Å². The minimum Gasteiger partial charge on any atom is -0.497 e. The molecular weight excluding hydrogens is 298 g/mol. The zero-order chi connectivity index (χ0) is 15.5. The lowest BCUT2D eigenvalue weighted by Crippen LogP contribution is -2.19. The number of aryl methyl sites for hydroxylation is 1. The largest absolute Gasteiger partial charge is 0.497 e. The van der Waals surface area contributed by atoms with E-state index in [4.69, 9.17) is 4.74 Å². The second-order valence-electron chi connectivity index (χ2n) is 4.80. The van der Waals surface area contributed by atoms with Crippen LogP contribution in [0, 0.1) is 6.92 Å². The van der Waals surface area contributed by atoms with Crippen LogP contribution in [0.15, 0.2) is 42.5 Å². The van der Waals surface area contributed by atoms with Crippen molar-refractivity contribution < 1.29 is 9.53 Å². The lowest BCUT2D eigenvalue weighted by Gasteiger charge is -2.05. The van der Waals surface area contributed by atoms with E-state index < -0.39 is 0 Å². The molecule has 0 aliphatic rings. The first-order valence-electron chi connectivity index (χ1n) is 6.73. The van der Waals surface area contributed by atoms with Gasteiger partial charge in [0.15, 0.2) is 5.13 Å². The predicted molar refractivity (Wildman–Crippen MR) is 90.0 cm³/mol. The third-order valence-corrected chi connectivity index (χ3v) is 4.06. The smallest absolute Gasteiger partial charge is 0.325 e. The number of aromatic nitrogens is 1. The molecule has 1 aromatic heterocycles. The Balaban J connectivity index is 1.72. The Kier molecular flexibility index (Phi) is 3.93. The third kappa shape index (κ3) is 3.17. The number of fused-ring (bicyclic) bond motifs is 1. The SMILES string of the molecule is COc1ccc2nc(NC(=O)Nc3ccc(C)cc3)sc2c1. The summed E-state index contributed by atoms with van der Waals surface area (Å²) < 4.78 is 6.14. The van der Waals surface area contributed by atoms with Gasteiger partial charge in [-0.15, -0.1) is 0 Å². The standard InChI is InChI=1S/C16H15N3O2S/c1-10-3-5-11(6-4-10)17-15(20)19-16-18-13-8-7-12(21-2)9-14(13)22-16/h3-9H,1-2H3,(H2,17,18,19,20). The molecule has 0 unspecified atom stereocenters. The molecule has 112 valence electrons. The summed E-state index contributed by atoms with van der Waals surface area (Å²) in [6.07, 6.45) is 0. The van der Waals surface area contributed by atoms with E-state index in [2.05, 4.69) is 15.6 Å². The number of anilines is 2. The molecule has 0 spiro atoms. The minimum atomic E-state index is -0.310. The highest BCUT2D eigenvalue weighted by Gasteiger charge is 2.08. The number of thiazole rings is 1. The number of amides is 2. The molecule has 0 saturated heterocycles. The fourth-order valence-electron chi connectivity index (χ4n) is 1.98. The van der Waals surface area contributed by atoms with Gasteiger partial charge in [-0.2, -0.15) is 0 Å². The van der Waals surface area contributed by atoms with E-state index in [9.17, 15) is 4.79 Å². The van der Waals surface area contributed by atoms with Crippen molar-refractivity contribution in [2.24, 2.45) is 0 Å². The van der Waals surface area contributed by atoms with Crippen LogP contribution in [-0.2, 0) is 0 Å². The summed E-state index contributed by atoms with van der Waals surface area (Å²) in [5, 5.41) is 6.07. The maximum absolute atomic E-state index is 12.0. The molecule has 2 aromatic carbocycles. The van der Waals surface area contributed by atoms with E-state index in [-0.39, 0.29) is 6.03 Å². The second kappa shape index (κ2) is 6.03. The van der Waals surface area contributed by atoms with Gasteiger partial charge in [0.2, 0.25) is 0 Å². The number of rotatable bonds is 3. The normalized spacial score (nSPS) is 10.5. The van der Waals surface area contributed by atoms with Gasteiger partial charge in [0, 0.05) is 5.69 Å². The van der Waals surface area contributed by atoms with E-state index >= 15 is 0 Å². The van der Waals surface area contributed by atoms with Crippen LogP contribution in [0.1, 0.15) is 5.56 Å². The fraction of sp³-hybridized carbons (Fsp3) is 0.125. The van der Waals surface area contributed by atoms with Crippen LogP contribution in [0.25, 0.3) is 10.2 Å². The number of carbonyl (C=O) groups is 1. The maximum Gasteiger partial charge on any atom is 0.325 e. The molecule has 0 aliphatic heterocycles. The highest BCUT2D eigenvalue weighted by molar-refractivity contribution is 7.22. The number of benzene rings is 2. The fourth-order valence-corrected chi connectivity index (χ4v) is 2.87. The van der Waals surface area contributed by atoms with E-state index in [0.717, 1.165) is 27.2 Å². The van der Waals surface area contributed by atoms with Crippen molar-refractivity contribution >= 4 is 38.4 Å². The number of nitrogens with one attached hydrogen (secondary N) is 2. The first-order valence-corrected chi connectivity index (χ1v) is 7.55. The molecule has 2 amide bonds. The summed E-state index contributed by atoms with van der Waals surface area (Å²) in [4.78, 5) is 16.4. The van der Waals surface area contributed by atoms with Gasteiger partial charge in [-0.3, -0.25) is 5.32 Å². The Bertz CT molecular complexity index is 812. The highest BCUT2D eigenvalue weighted by atomic mass is 32.1. The van der Waals surface area contributed by atoms with Crippen molar-refractivity contribution in [3.63, 3.8) is 0 Å². The minimum absolute atomic E-state index is 0.310. The number of hydrogen-bond donors (Lipinski definition) is 2. The maximum atomic E-state index is 12.0. The number of nitrogens with zero attached hydrogens (tertiary/aromatic N) is 1. The van der Waals surface area contributed by atoms with Gasteiger partial charge < -0.3 is 10.1 Å². The quantitative estimate of drug-likeness (QED) is 0.759. The number of ether oxygens (including phenoxy) is 1. The molecule has 5 nitrogen and oxygen atoms in total. The van der Waals surface area contributed by atoms with E-state index in [0.29, 0.717) is 5.13 Å². The van der Waals surface area contributed by atoms with Gasteiger partial charge in [0.25, 0.3) is 0 Å². The van der Waals surface area contributed by atoms with E-state index in [1.54, 1.807) is 7.11 Å². The lowest BCUT2D eigenvalue weighted by molar-refractivity contribution is 0.262. The van der Waals surface area contributed by atoms with E-state index in [1.165, 1.54) is 11.3 Å². The number of hydrogen-bond acceptors (Lipinski definition) is 4. The van der Waals surface area contributed by atoms with Crippen LogP contribution in [0.3, 0.4) is 0 Å². The van der Waals surface area contributed by atoms with Gasteiger partial charge in [0.05, 0.1) is 17.3 Å². The van der Waals surface area contributed by atoms with Crippen molar-refractivity contribution in [2.45, 2.75) is 6.92 Å². The molecule has 0 fully saturated rings. The summed E-state index contributed by atoms with van der Waals surface area (Å²) in [5.74, 6) is 0.770. The van der Waals surface area contributed by atoms with Gasteiger partial charge in [-0.05, 0) is 37.3 Å². The topological polar surface area (TPSA) is 63.2 Å². The molecule has 3 rings (SSSR count). The Morgan fingerprint density at radius 2 is 1.91 bits per heavy atom. The number of urea groups is 1. The third-order valence-electron chi connectivity index (χ3n) is 3.13. The molecule has 6 heteroatoms. The first kappa shape index (κ1) is 14.3. The van der Waals surface area contributed by atoms with Crippen LogP contribution in [0.5, 0.6) is 5.75 Å². The molecule has 0 bridgehead atoms. The van der Waals surface area contributed by atoms with Crippen molar-refractivity contribution in [3.05, 3.63) is 48.0 Å². The Morgan fingerprint density at radius 1 is 1.14 bits per heavy atom. The summed E-state index contributed by atoms with van der Waals surface area (Å²) in [6.45, 7) is 2.00.